The van der Waals surface area contributed by atoms with E-state index in [-0.39, 0.29) is 77.7 Å². The molecule has 5 aliphatic rings. The number of benzene rings is 1. The summed E-state index contributed by atoms with van der Waals surface area (Å²) in [6.45, 7) is 15.1. The maximum absolute atomic E-state index is 14.3. The zero-order valence-corrected chi connectivity index (χ0v) is 37.4. The molecule has 18 nitrogen and oxygen atoms in total. The highest BCUT2D eigenvalue weighted by molar-refractivity contribution is 6.24. The molecule has 4 heterocycles. The Hall–Kier alpha value is -5.39. The van der Waals surface area contributed by atoms with E-state index in [2.05, 4.69) is 40.4 Å². The van der Waals surface area contributed by atoms with Crippen molar-refractivity contribution in [3.8, 4) is 5.75 Å². The van der Waals surface area contributed by atoms with Gasteiger partial charge in [0.25, 0.3) is 11.8 Å². The number of amides is 9. The first-order valence-corrected chi connectivity index (χ1v) is 22.1. The number of imide groups is 2. The van der Waals surface area contributed by atoms with Gasteiger partial charge in [-0.25, -0.2) is 4.79 Å². The van der Waals surface area contributed by atoms with E-state index in [0.29, 0.717) is 45.4 Å². The molecule has 344 valence electrons. The third-order valence-corrected chi connectivity index (χ3v) is 13.1. The lowest BCUT2D eigenvalue weighted by atomic mass is 9.85. The first-order valence-electron chi connectivity index (χ1n) is 22.1. The van der Waals surface area contributed by atoms with Crippen LogP contribution in [-0.4, -0.2) is 126 Å². The lowest BCUT2D eigenvalue weighted by Gasteiger charge is -2.38. The summed E-state index contributed by atoms with van der Waals surface area (Å²) < 4.78 is 11.8. The molecule has 0 spiro atoms. The maximum Gasteiger partial charge on any atom is 0.315 e. The maximum atomic E-state index is 14.3. The molecule has 7 unspecified atom stereocenters. The predicted octanol–water partition coefficient (Wildman–Crippen LogP) is 2.23. The van der Waals surface area contributed by atoms with Crippen LogP contribution in [0.25, 0.3) is 0 Å². The molecule has 6 rings (SSSR count). The van der Waals surface area contributed by atoms with Crippen molar-refractivity contribution in [1.82, 2.24) is 36.4 Å². The fraction of sp³-hybridized carbons (Fsp3) is 0.667. The van der Waals surface area contributed by atoms with Gasteiger partial charge in [-0.2, -0.15) is 0 Å². The molecule has 0 bridgehead atoms. The zero-order valence-electron chi connectivity index (χ0n) is 37.4. The van der Waals surface area contributed by atoms with Gasteiger partial charge in [0.05, 0.1) is 35.9 Å². The molecule has 3 saturated heterocycles. The number of ether oxygens (including phenoxy) is 2. The standard InChI is InChI=1S/C45H63N7O11/c1-43(2,3)35(41(60)51-22-28-33(45(28,6)7)34(51)38(57)47-26(23-53)21-25-17-18-46-36(25)55)49-42(61)50-44(4,5)24-62-19-10-8-9-11-20-63-30-14-12-13-27-32(30)40(59)52(39(27)58)29-15-16-31(54)48-37(29)56/h12-14,23,25-26,28-29,33-35H,8-11,15-22,24H2,1-7H3,(H,46,55)(H,47,57)(H,48,54,56)(H2,49,50,61). The number of hydrogen-bond donors (Lipinski definition) is 5. The van der Waals surface area contributed by atoms with E-state index in [4.69, 9.17) is 9.47 Å². The number of carbonyl (C=O) groups is 9. The van der Waals surface area contributed by atoms with Crippen molar-refractivity contribution in [2.75, 3.05) is 32.9 Å². The molecule has 63 heavy (non-hydrogen) atoms. The van der Waals surface area contributed by atoms with Crippen LogP contribution in [-0.2, 0) is 33.5 Å². The SMILES string of the molecule is CC(C)(COCCCCCCOc1cccc2c1C(=O)N(C1CCC(=O)NC1=O)C2=O)NC(=O)NC(C(=O)N1CC2C(C1C(=O)NC(C=O)CC1CCNC1=O)C2(C)C)C(C)(C)C. The van der Waals surface area contributed by atoms with Crippen molar-refractivity contribution in [2.45, 2.75) is 130 Å². The van der Waals surface area contributed by atoms with Crippen LogP contribution in [0.5, 0.6) is 5.75 Å². The smallest absolute Gasteiger partial charge is 0.315 e. The fourth-order valence-electron chi connectivity index (χ4n) is 9.50. The van der Waals surface area contributed by atoms with Gasteiger partial charge in [-0.05, 0) is 87.2 Å². The Kier molecular flexibility index (Phi) is 14.0. The average molecular weight is 878 g/mol. The third-order valence-electron chi connectivity index (χ3n) is 13.1. The summed E-state index contributed by atoms with van der Waals surface area (Å²) >= 11 is 0. The molecule has 1 aromatic rings. The lowest BCUT2D eigenvalue weighted by molar-refractivity contribution is -0.144. The van der Waals surface area contributed by atoms with Crippen molar-refractivity contribution in [2.24, 2.45) is 28.6 Å². The number of piperidine rings is 2. The molecule has 1 aromatic carbocycles. The van der Waals surface area contributed by atoms with Crippen molar-refractivity contribution >= 4 is 53.7 Å². The lowest BCUT2D eigenvalue weighted by Crippen LogP contribution is -2.62. The van der Waals surface area contributed by atoms with Crippen molar-refractivity contribution in [1.29, 1.82) is 0 Å². The minimum atomic E-state index is -1.05. The van der Waals surface area contributed by atoms with Crippen molar-refractivity contribution in [3.63, 3.8) is 0 Å². The highest BCUT2D eigenvalue weighted by Gasteiger charge is 2.70. The summed E-state index contributed by atoms with van der Waals surface area (Å²) in [7, 11) is 0. The number of aldehydes is 1. The number of unbranched alkanes of at least 4 members (excludes halogenated alkanes) is 3. The fourth-order valence-corrected chi connectivity index (χ4v) is 9.50. The Morgan fingerprint density at radius 3 is 2.30 bits per heavy atom. The van der Waals surface area contributed by atoms with Crippen LogP contribution >= 0.6 is 0 Å². The Bertz CT molecular complexity index is 2010. The Labute approximate surface area is 368 Å². The predicted molar refractivity (Wildman–Crippen MR) is 227 cm³/mol. The quantitative estimate of drug-likeness (QED) is 0.0768. The molecule has 5 N–H and O–H groups in total. The van der Waals surface area contributed by atoms with Gasteiger partial charge in [-0.3, -0.25) is 43.8 Å². The normalized spacial score (nSPS) is 24.8. The minimum absolute atomic E-state index is 0.0360. The molecular weight excluding hydrogens is 815 g/mol. The van der Waals surface area contributed by atoms with E-state index >= 15 is 0 Å². The number of likely N-dealkylation sites (tertiary alicyclic amines) is 1. The second-order valence-electron chi connectivity index (χ2n) is 19.9. The number of hydrogen-bond acceptors (Lipinski definition) is 11. The number of nitrogens with one attached hydrogen (secondary N) is 5. The molecule has 4 aliphatic heterocycles. The van der Waals surface area contributed by atoms with Crippen LogP contribution in [0.2, 0.25) is 0 Å². The monoisotopic (exact) mass is 877 g/mol. The van der Waals surface area contributed by atoms with Gasteiger partial charge in [-0.1, -0.05) is 47.1 Å². The number of carbonyl (C=O) groups excluding carboxylic acids is 9. The van der Waals surface area contributed by atoms with Crippen molar-refractivity contribution < 1.29 is 52.6 Å². The van der Waals surface area contributed by atoms with Crippen LogP contribution in [0.15, 0.2) is 18.2 Å². The van der Waals surface area contributed by atoms with Gasteiger partial charge in [0.15, 0.2) is 0 Å². The highest BCUT2D eigenvalue weighted by atomic mass is 16.5. The second-order valence-corrected chi connectivity index (χ2v) is 19.9. The van der Waals surface area contributed by atoms with Gasteiger partial charge < -0.3 is 40.4 Å². The molecule has 1 aliphatic carbocycles. The number of nitrogens with zero attached hydrogens (tertiary/aromatic N) is 2. The summed E-state index contributed by atoms with van der Waals surface area (Å²) in [5.41, 5.74) is -1.42. The van der Waals surface area contributed by atoms with Gasteiger partial charge in [0.2, 0.25) is 29.5 Å². The first-order chi connectivity index (χ1) is 29.7. The van der Waals surface area contributed by atoms with Crippen molar-refractivity contribution in [3.05, 3.63) is 29.3 Å². The van der Waals surface area contributed by atoms with E-state index in [1.807, 2.05) is 34.6 Å². The van der Waals surface area contributed by atoms with E-state index in [1.165, 1.54) is 6.07 Å². The molecule has 7 atom stereocenters. The van der Waals surface area contributed by atoms with Gasteiger partial charge >= 0.3 is 6.03 Å². The number of rotatable bonds is 19. The van der Waals surface area contributed by atoms with Gasteiger partial charge in [0, 0.05) is 32.0 Å². The molecule has 9 amide bonds. The Morgan fingerprint density at radius 1 is 0.937 bits per heavy atom. The highest BCUT2D eigenvalue weighted by Crippen LogP contribution is 2.65. The van der Waals surface area contributed by atoms with Crippen LogP contribution < -0.4 is 31.3 Å². The van der Waals surface area contributed by atoms with E-state index in [1.54, 1.807) is 17.0 Å². The van der Waals surface area contributed by atoms with Crippen LogP contribution in [0.3, 0.4) is 0 Å². The molecule has 4 fully saturated rings. The molecule has 0 aromatic heterocycles. The molecule has 1 saturated carbocycles. The largest absolute Gasteiger partial charge is 0.493 e. The van der Waals surface area contributed by atoms with Crippen LogP contribution in [0.4, 0.5) is 4.79 Å². The van der Waals surface area contributed by atoms with Crippen LogP contribution in [0, 0.1) is 28.6 Å². The number of fused-ring (bicyclic) bond motifs is 2. The summed E-state index contributed by atoms with van der Waals surface area (Å²) in [4.78, 5) is 119. The van der Waals surface area contributed by atoms with E-state index < -0.39 is 70.7 Å². The average Bonchev–Trinajstić information content (AvgIpc) is 3.61. The molecule has 18 heteroatoms. The second kappa shape index (κ2) is 18.8. The summed E-state index contributed by atoms with van der Waals surface area (Å²) in [5, 5.41) is 13.6. The number of urea groups is 1. The van der Waals surface area contributed by atoms with Gasteiger partial charge in [-0.15, -0.1) is 0 Å². The Balaban J connectivity index is 0.924. The summed E-state index contributed by atoms with van der Waals surface area (Å²) in [6, 6.07) is 0.473. The molecular formula is C45H63N7O11. The van der Waals surface area contributed by atoms with E-state index in [0.717, 1.165) is 24.2 Å². The Morgan fingerprint density at radius 2 is 1.65 bits per heavy atom. The summed E-state index contributed by atoms with van der Waals surface area (Å²) in [5.74, 6) is -3.41. The minimum Gasteiger partial charge on any atom is -0.493 e. The first kappa shape index (κ1) is 47.1. The molecule has 0 radical (unpaired) electrons. The van der Waals surface area contributed by atoms with Gasteiger partial charge in [0.1, 0.15) is 30.2 Å². The zero-order chi connectivity index (χ0) is 46.0. The van der Waals surface area contributed by atoms with E-state index in [9.17, 15) is 43.2 Å². The van der Waals surface area contributed by atoms with Crippen LogP contribution in [0.1, 0.15) is 121 Å². The topological polar surface area (TPSA) is 239 Å². The third kappa shape index (κ3) is 10.4. The summed E-state index contributed by atoms with van der Waals surface area (Å²) in [6.07, 6.45) is 4.56.